The van der Waals surface area contributed by atoms with E-state index in [1.165, 1.54) is 12.1 Å². The molecule has 6 nitrogen and oxygen atoms in total. The van der Waals surface area contributed by atoms with Crippen molar-refractivity contribution in [3.63, 3.8) is 0 Å². The van der Waals surface area contributed by atoms with Gasteiger partial charge in [0.1, 0.15) is 11.6 Å². The fourth-order valence-corrected chi connectivity index (χ4v) is 4.92. The van der Waals surface area contributed by atoms with Gasteiger partial charge in [0.15, 0.2) is 6.61 Å². The summed E-state index contributed by atoms with van der Waals surface area (Å²) in [5.74, 6) is 0.702. The standard InChI is InChI=1S/C30H41ClFN3O3/c1-22(2)17-29(36)35-16-6-14-33(19-23(3)4)13-5-15-34(20-24-18-26(32)9-12-28(24)35)30(37)21-38-27-10-7-25(31)8-11-27/h7-12,18,22-23H,5-6,13-17,19-21H2,1-4H3. The molecule has 1 aliphatic heterocycles. The molecule has 0 saturated carbocycles. The van der Waals surface area contributed by atoms with E-state index >= 15 is 0 Å². The molecule has 0 saturated heterocycles. The summed E-state index contributed by atoms with van der Waals surface area (Å²) in [6, 6.07) is 11.4. The molecule has 0 atom stereocenters. The number of benzene rings is 2. The minimum Gasteiger partial charge on any atom is -0.484 e. The fraction of sp³-hybridized carbons (Fsp3) is 0.533. The molecule has 2 aromatic carbocycles. The lowest BCUT2D eigenvalue weighted by molar-refractivity contribution is -0.134. The van der Waals surface area contributed by atoms with Gasteiger partial charge in [-0.1, -0.05) is 39.3 Å². The van der Waals surface area contributed by atoms with Gasteiger partial charge < -0.3 is 19.4 Å². The van der Waals surface area contributed by atoms with Gasteiger partial charge in [0.2, 0.25) is 5.91 Å². The highest BCUT2D eigenvalue weighted by Gasteiger charge is 2.24. The van der Waals surface area contributed by atoms with E-state index in [0.717, 1.165) is 32.5 Å². The zero-order valence-corrected chi connectivity index (χ0v) is 23.8. The van der Waals surface area contributed by atoms with Crippen LogP contribution in [0.15, 0.2) is 42.5 Å². The molecule has 2 amide bonds. The van der Waals surface area contributed by atoms with E-state index in [-0.39, 0.29) is 36.7 Å². The highest BCUT2D eigenvalue weighted by molar-refractivity contribution is 6.30. The van der Waals surface area contributed by atoms with E-state index in [0.29, 0.717) is 47.5 Å². The lowest BCUT2D eigenvalue weighted by Gasteiger charge is -2.32. The predicted octanol–water partition coefficient (Wildman–Crippen LogP) is 6.02. The lowest BCUT2D eigenvalue weighted by Crippen LogP contribution is -2.41. The van der Waals surface area contributed by atoms with Gasteiger partial charge in [-0.25, -0.2) is 4.39 Å². The minimum absolute atomic E-state index is 0.0178. The van der Waals surface area contributed by atoms with Gasteiger partial charge >= 0.3 is 0 Å². The number of carbonyl (C=O) groups excluding carboxylic acids is 2. The highest BCUT2D eigenvalue weighted by atomic mass is 35.5. The Morgan fingerprint density at radius 2 is 1.61 bits per heavy atom. The number of amides is 2. The summed E-state index contributed by atoms with van der Waals surface area (Å²) in [6.07, 6.45) is 2.02. The van der Waals surface area contributed by atoms with Crippen LogP contribution in [0.1, 0.15) is 52.5 Å². The second-order valence-electron chi connectivity index (χ2n) is 10.9. The van der Waals surface area contributed by atoms with E-state index < -0.39 is 0 Å². The normalized spacial score (nSPS) is 15.7. The van der Waals surface area contributed by atoms with Crippen LogP contribution < -0.4 is 9.64 Å². The van der Waals surface area contributed by atoms with Gasteiger partial charge in [-0.05, 0) is 85.8 Å². The summed E-state index contributed by atoms with van der Waals surface area (Å²) in [7, 11) is 0. The molecule has 0 aromatic heterocycles. The Morgan fingerprint density at radius 1 is 0.921 bits per heavy atom. The molecule has 1 heterocycles. The maximum Gasteiger partial charge on any atom is 0.260 e. The molecule has 38 heavy (non-hydrogen) atoms. The second kappa shape index (κ2) is 14.5. The van der Waals surface area contributed by atoms with Crippen molar-refractivity contribution in [2.75, 3.05) is 44.2 Å². The van der Waals surface area contributed by atoms with Gasteiger partial charge in [-0.3, -0.25) is 9.59 Å². The van der Waals surface area contributed by atoms with E-state index in [2.05, 4.69) is 18.7 Å². The first-order valence-electron chi connectivity index (χ1n) is 13.6. The van der Waals surface area contributed by atoms with Gasteiger partial charge in [-0.15, -0.1) is 0 Å². The zero-order chi connectivity index (χ0) is 27.7. The molecule has 0 aliphatic carbocycles. The van der Waals surface area contributed by atoms with E-state index in [4.69, 9.17) is 16.3 Å². The first-order valence-corrected chi connectivity index (χ1v) is 14.0. The monoisotopic (exact) mass is 545 g/mol. The first-order chi connectivity index (χ1) is 18.1. The van der Waals surface area contributed by atoms with Crippen LogP contribution in [0.2, 0.25) is 5.02 Å². The Labute approximate surface area is 231 Å². The molecule has 0 spiro atoms. The summed E-state index contributed by atoms with van der Waals surface area (Å²) in [4.78, 5) is 32.6. The first kappa shape index (κ1) is 29.9. The smallest absolute Gasteiger partial charge is 0.260 e. The number of carbonyl (C=O) groups is 2. The molecular formula is C30H41ClFN3O3. The largest absolute Gasteiger partial charge is 0.484 e. The van der Waals surface area contributed by atoms with Gasteiger partial charge in [-0.2, -0.15) is 0 Å². The summed E-state index contributed by atoms with van der Waals surface area (Å²) < 4.78 is 20.2. The van der Waals surface area contributed by atoms with Crippen molar-refractivity contribution in [2.45, 2.75) is 53.5 Å². The van der Waals surface area contributed by atoms with Crippen molar-refractivity contribution >= 4 is 29.1 Å². The third-order valence-electron chi connectivity index (χ3n) is 6.49. The van der Waals surface area contributed by atoms with Crippen molar-refractivity contribution in [3.05, 3.63) is 58.9 Å². The number of hydrogen-bond donors (Lipinski definition) is 0. The van der Waals surface area contributed by atoms with Crippen LogP contribution in [0.25, 0.3) is 0 Å². The molecule has 0 unspecified atom stereocenters. The average Bonchev–Trinajstić information content (AvgIpc) is 2.84. The van der Waals surface area contributed by atoms with Crippen molar-refractivity contribution in [3.8, 4) is 5.75 Å². The maximum absolute atomic E-state index is 14.4. The number of anilines is 1. The van der Waals surface area contributed by atoms with Crippen LogP contribution in [0.3, 0.4) is 0 Å². The molecule has 0 fully saturated rings. The van der Waals surface area contributed by atoms with Crippen LogP contribution in [0, 0.1) is 17.7 Å². The fourth-order valence-electron chi connectivity index (χ4n) is 4.80. The third kappa shape index (κ3) is 9.28. The maximum atomic E-state index is 14.4. The Kier molecular flexibility index (Phi) is 11.4. The average molecular weight is 546 g/mol. The number of halogens is 2. The van der Waals surface area contributed by atoms with Crippen molar-refractivity contribution in [2.24, 2.45) is 11.8 Å². The third-order valence-corrected chi connectivity index (χ3v) is 6.74. The number of rotatable bonds is 7. The zero-order valence-electron chi connectivity index (χ0n) is 23.1. The van der Waals surface area contributed by atoms with Crippen molar-refractivity contribution < 1.29 is 18.7 Å². The molecule has 8 heteroatoms. The molecule has 1 aliphatic rings. The van der Waals surface area contributed by atoms with Gasteiger partial charge in [0.05, 0.1) is 0 Å². The second-order valence-corrected chi connectivity index (χ2v) is 11.3. The Bertz CT molecular complexity index is 1060. The van der Waals surface area contributed by atoms with Crippen LogP contribution >= 0.6 is 11.6 Å². The number of nitrogens with zero attached hydrogens (tertiary/aromatic N) is 3. The van der Waals surface area contributed by atoms with E-state index in [9.17, 15) is 14.0 Å². The molecule has 0 N–H and O–H groups in total. The van der Waals surface area contributed by atoms with Crippen molar-refractivity contribution in [1.29, 1.82) is 0 Å². The summed E-state index contributed by atoms with van der Waals surface area (Å²) in [5.41, 5.74) is 1.30. The SMILES string of the molecule is CC(C)CC(=O)N1CCCN(CC(C)C)CCCN(C(=O)COc2ccc(Cl)cc2)Cc2cc(F)ccc21. The van der Waals surface area contributed by atoms with E-state index in [1.54, 1.807) is 40.1 Å². The van der Waals surface area contributed by atoms with Crippen molar-refractivity contribution in [1.82, 2.24) is 9.80 Å². The predicted molar refractivity (Wildman–Crippen MR) is 151 cm³/mol. The molecular weight excluding hydrogens is 505 g/mol. The van der Waals surface area contributed by atoms with Crippen LogP contribution in [0.4, 0.5) is 10.1 Å². The van der Waals surface area contributed by atoms with Gasteiger partial charge in [0.25, 0.3) is 5.91 Å². The number of ether oxygens (including phenoxy) is 1. The lowest BCUT2D eigenvalue weighted by atomic mass is 10.1. The summed E-state index contributed by atoms with van der Waals surface area (Å²) >= 11 is 5.96. The summed E-state index contributed by atoms with van der Waals surface area (Å²) in [5, 5.41) is 0.591. The topological polar surface area (TPSA) is 53.1 Å². The van der Waals surface area contributed by atoms with Crippen LogP contribution in [-0.2, 0) is 16.1 Å². The number of hydrogen-bond acceptors (Lipinski definition) is 4. The Balaban J connectivity index is 1.89. The van der Waals surface area contributed by atoms with Crippen LogP contribution in [0.5, 0.6) is 5.75 Å². The molecule has 3 rings (SSSR count). The van der Waals surface area contributed by atoms with E-state index in [1.807, 2.05) is 13.8 Å². The Hall–Kier alpha value is -2.64. The molecule has 0 radical (unpaired) electrons. The Morgan fingerprint density at radius 3 is 2.26 bits per heavy atom. The minimum atomic E-state index is -0.389. The molecule has 208 valence electrons. The van der Waals surface area contributed by atoms with Gasteiger partial charge in [0, 0.05) is 43.3 Å². The molecule has 0 bridgehead atoms. The molecule has 2 aromatic rings. The summed E-state index contributed by atoms with van der Waals surface area (Å²) in [6.45, 7) is 12.2. The highest BCUT2D eigenvalue weighted by Crippen LogP contribution is 2.26. The quantitative estimate of drug-likeness (QED) is 0.427. The number of fused-ring (bicyclic) bond motifs is 1. The van der Waals surface area contributed by atoms with Crippen LogP contribution in [-0.4, -0.2) is 60.9 Å².